The van der Waals surface area contributed by atoms with Crippen molar-refractivity contribution in [2.75, 3.05) is 57.6 Å². The maximum absolute atomic E-state index is 14.1. The second kappa shape index (κ2) is 17.4. The standard InChI is InChI=1S/C40H48F2N3O4S.BrH/c1-4-43(31-21-29(41)20-30(42)22-31)40(47)37-27-44(32-23-33(48-2)25-34(24-32)49-3)38-26-35(10-11-36(38)39(37)46)50-19-9-7-5-6-8-15-45-16-12-28(13-17-45)14-18-45;/h10-11,20-28H,4-9,12-19H2,1-3H3;1H/q+1;/p-1. The fourth-order valence-corrected chi connectivity index (χ4v) is 8.66. The zero-order valence-electron chi connectivity index (χ0n) is 29.8. The molecule has 1 aromatic heterocycles. The number of hydrogen-bond acceptors (Lipinski definition) is 5. The molecule has 0 aliphatic carbocycles. The minimum absolute atomic E-state index is 0. The summed E-state index contributed by atoms with van der Waals surface area (Å²) in [5.74, 6) is 0.784. The molecule has 3 aliphatic rings. The first-order valence-electron chi connectivity index (χ1n) is 17.9. The minimum Gasteiger partial charge on any atom is -1.00 e. The van der Waals surface area contributed by atoms with E-state index in [0.29, 0.717) is 28.1 Å². The summed E-state index contributed by atoms with van der Waals surface area (Å²) in [5, 5.41) is 0.354. The van der Waals surface area contributed by atoms with Crippen molar-refractivity contribution >= 4 is 34.3 Å². The summed E-state index contributed by atoms with van der Waals surface area (Å²) in [6.07, 6.45) is 12.0. The second-order valence-corrected chi connectivity index (χ2v) is 14.9. The maximum atomic E-state index is 14.1. The van der Waals surface area contributed by atoms with Gasteiger partial charge < -0.3 is 40.4 Å². The van der Waals surface area contributed by atoms with E-state index in [2.05, 4.69) is 0 Å². The summed E-state index contributed by atoms with van der Waals surface area (Å²) in [6, 6.07) is 13.9. The predicted molar refractivity (Wildman–Crippen MR) is 197 cm³/mol. The Bertz CT molecular complexity index is 1840. The Kier molecular flexibility index (Phi) is 13.2. The number of methoxy groups -OCH3 is 2. The average Bonchev–Trinajstić information content (AvgIpc) is 3.13. The third-order valence-corrected chi connectivity index (χ3v) is 11.7. The number of fused-ring (bicyclic) bond motifs is 4. The summed E-state index contributed by atoms with van der Waals surface area (Å²) in [6.45, 7) is 7.34. The molecule has 2 bridgehead atoms. The highest BCUT2D eigenvalue weighted by atomic mass is 79.9. The van der Waals surface area contributed by atoms with Crippen molar-refractivity contribution in [2.45, 2.75) is 63.2 Å². The second-order valence-electron chi connectivity index (χ2n) is 13.8. The van der Waals surface area contributed by atoms with Crippen molar-refractivity contribution in [2.24, 2.45) is 5.92 Å². The maximum Gasteiger partial charge on any atom is 0.263 e. The van der Waals surface area contributed by atoms with Crippen molar-refractivity contribution < 1.29 is 44.5 Å². The highest BCUT2D eigenvalue weighted by Gasteiger charge is 2.38. The van der Waals surface area contributed by atoms with E-state index < -0.39 is 23.0 Å². The average molecular weight is 785 g/mol. The molecule has 7 nitrogen and oxygen atoms in total. The molecule has 0 unspecified atom stereocenters. The van der Waals surface area contributed by atoms with Gasteiger partial charge in [0.2, 0.25) is 5.43 Å². The SMILES string of the molecule is CCN(C(=O)c1cn(-c2cc(OC)cc(OC)c2)c2cc(SCCCCCCC[N+]34CCC(CC3)CC4)ccc2c1=O)c1cc(F)cc(F)c1.[Br-]. The van der Waals surface area contributed by atoms with E-state index in [1.165, 1.54) is 86.7 Å². The lowest BCUT2D eigenvalue weighted by Crippen LogP contribution is -3.00. The molecule has 4 heterocycles. The van der Waals surface area contributed by atoms with E-state index in [-0.39, 0.29) is 34.8 Å². The van der Waals surface area contributed by atoms with Gasteiger partial charge >= 0.3 is 0 Å². The van der Waals surface area contributed by atoms with Crippen molar-refractivity contribution in [1.82, 2.24) is 4.57 Å². The third kappa shape index (κ3) is 8.98. The molecule has 274 valence electrons. The monoisotopic (exact) mass is 783 g/mol. The number of hydrogen-bond donors (Lipinski definition) is 0. The molecule has 7 rings (SSSR count). The molecule has 0 spiro atoms. The van der Waals surface area contributed by atoms with E-state index in [1.54, 1.807) is 61.7 Å². The van der Waals surface area contributed by atoms with Crippen LogP contribution in [-0.2, 0) is 0 Å². The molecule has 3 saturated heterocycles. The molecule has 4 aromatic rings. The fourth-order valence-electron chi connectivity index (χ4n) is 7.72. The highest BCUT2D eigenvalue weighted by Crippen LogP contribution is 2.34. The number of ether oxygens (including phenoxy) is 2. The highest BCUT2D eigenvalue weighted by molar-refractivity contribution is 7.99. The van der Waals surface area contributed by atoms with Gasteiger partial charge in [-0.1, -0.05) is 12.8 Å². The quantitative estimate of drug-likeness (QED) is 0.0890. The predicted octanol–water partition coefficient (Wildman–Crippen LogP) is 5.63. The topological polar surface area (TPSA) is 60.8 Å². The Hall–Kier alpha value is -3.41. The number of aromatic nitrogens is 1. The van der Waals surface area contributed by atoms with Crippen LogP contribution >= 0.6 is 11.8 Å². The normalized spacial score (nSPS) is 18.0. The van der Waals surface area contributed by atoms with Crippen LogP contribution in [0, 0.1) is 17.6 Å². The van der Waals surface area contributed by atoms with Crippen LogP contribution in [0.25, 0.3) is 16.6 Å². The van der Waals surface area contributed by atoms with Crippen LogP contribution in [0.15, 0.2) is 70.5 Å². The molecule has 0 saturated carbocycles. The smallest absolute Gasteiger partial charge is 0.263 e. The minimum atomic E-state index is -0.809. The molecular weight excluding hydrogens is 736 g/mol. The number of pyridine rings is 1. The Labute approximate surface area is 314 Å². The summed E-state index contributed by atoms with van der Waals surface area (Å²) in [7, 11) is 3.12. The molecule has 3 aliphatic heterocycles. The van der Waals surface area contributed by atoms with Crippen LogP contribution in [0.4, 0.5) is 14.5 Å². The Morgan fingerprint density at radius 1 is 0.882 bits per heavy atom. The number of carbonyl (C=O) groups excluding carboxylic acids is 1. The number of rotatable bonds is 15. The number of unbranched alkanes of at least 4 members (excludes halogenated alkanes) is 4. The molecule has 0 atom stereocenters. The van der Waals surface area contributed by atoms with Crippen LogP contribution < -0.4 is 36.8 Å². The first kappa shape index (κ1) is 38.8. The van der Waals surface area contributed by atoms with Gasteiger partial charge in [-0.3, -0.25) is 9.59 Å². The number of carbonyl (C=O) groups is 1. The van der Waals surface area contributed by atoms with Crippen molar-refractivity contribution in [3.63, 3.8) is 0 Å². The Morgan fingerprint density at radius 2 is 1.51 bits per heavy atom. The van der Waals surface area contributed by atoms with Crippen LogP contribution in [0.5, 0.6) is 11.5 Å². The number of benzene rings is 3. The Morgan fingerprint density at radius 3 is 2.14 bits per heavy atom. The number of thioether (sulfide) groups is 1. The first-order chi connectivity index (χ1) is 24.2. The molecule has 3 fully saturated rings. The number of nitrogens with zero attached hydrogens (tertiary/aromatic N) is 3. The van der Waals surface area contributed by atoms with Gasteiger partial charge in [0, 0.05) is 53.0 Å². The number of quaternary nitrogens is 1. The first-order valence-corrected chi connectivity index (χ1v) is 18.9. The van der Waals surface area contributed by atoms with E-state index >= 15 is 0 Å². The van der Waals surface area contributed by atoms with Gasteiger partial charge in [-0.2, -0.15) is 0 Å². The number of amides is 1. The van der Waals surface area contributed by atoms with E-state index in [9.17, 15) is 18.4 Å². The zero-order chi connectivity index (χ0) is 35.3. The summed E-state index contributed by atoms with van der Waals surface area (Å²) >= 11 is 1.76. The summed E-state index contributed by atoms with van der Waals surface area (Å²) in [5.41, 5.74) is 0.705. The van der Waals surface area contributed by atoms with Gasteiger partial charge in [-0.15, -0.1) is 11.8 Å². The molecule has 0 N–H and O–H groups in total. The van der Waals surface area contributed by atoms with Gasteiger partial charge in [-0.05, 0) is 87.5 Å². The number of piperidine rings is 3. The van der Waals surface area contributed by atoms with Crippen LogP contribution in [0.1, 0.15) is 68.6 Å². The fraction of sp³-hybridized carbons (Fsp3) is 0.450. The van der Waals surface area contributed by atoms with Crippen molar-refractivity contribution in [3.8, 4) is 17.2 Å². The van der Waals surface area contributed by atoms with Gasteiger partial charge in [0.1, 0.15) is 28.7 Å². The third-order valence-electron chi connectivity index (χ3n) is 10.6. The lowest BCUT2D eigenvalue weighted by Gasteiger charge is -2.49. The van der Waals surface area contributed by atoms with Gasteiger partial charge in [0.05, 0.1) is 51.6 Å². The molecular formula is C40H48BrF2N3O4S. The number of anilines is 1. The summed E-state index contributed by atoms with van der Waals surface area (Å²) in [4.78, 5) is 30.1. The molecule has 1 amide bonds. The lowest BCUT2D eigenvalue weighted by atomic mass is 9.85. The lowest BCUT2D eigenvalue weighted by molar-refractivity contribution is -0.942. The van der Waals surface area contributed by atoms with Gasteiger partial charge in [0.15, 0.2) is 0 Å². The molecule has 3 aromatic carbocycles. The van der Waals surface area contributed by atoms with Crippen molar-refractivity contribution in [1.29, 1.82) is 0 Å². The summed E-state index contributed by atoms with van der Waals surface area (Å²) < 4.78 is 42.5. The van der Waals surface area contributed by atoms with Crippen LogP contribution in [0.2, 0.25) is 0 Å². The van der Waals surface area contributed by atoms with E-state index in [0.717, 1.165) is 41.2 Å². The Balaban J connectivity index is 0.00000504. The zero-order valence-corrected chi connectivity index (χ0v) is 32.2. The van der Waals surface area contributed by atoms with Crippen LogP contribution in [0.3, 0.4) is 0 Å². The van der Waals surface area contributed by atoms with E-state index in [1.807, 2.05) is 12.1 Å². The van der Waals surface area contributed by atoms with Crippen molar-refractivity contribution in [3.05, 3.63) is 88.2 Å². The molecule has 51 heavy (non-hydrogen) atoms. The molecule has 0 radical (unpaired) electrons. The van der Waals surface area contributed by atoms with Gasteiger partial charge in [-0.25, -0.2) is 8.78 Å². The molecule has 11 heteroatoms. The number of halogens is 3. The van der Waals surface area contributed by atoms with E-state index in [4.69, 9.17) is 9.47 Å². The van der Waals surface area contributed by atoms with Crippen LogP contribution in [-0.4, -0.2) is 67.7 Å². The van der Waals surface area contributed by atoms with Gasteiger partial charge in [0.25, 0.3) is 5.91 Å². The largest absolute Gasteiger partial charge is 1.00 e.